The summed E-state index contributed by atoms with van der Waals surface area (Å²) in [5.74, 6) is -0.853. The van der Waals surface area contributed by atoms with E-state index in [0.29, 0.717) is 19.3 Å². The molecule has 0 bridgehead atoms. The van der Waals surface area contributed by atoms with Gasteiger partial charge in [-0.2, -0.15) is 0 Å². The van der Waals surface area contributed by atoms with E-state index in [1.807, 2.05) is 0 Å². The predicted octanol–water partition coefficient (Wildman–Crippen LogP) is 24.9. The molecule has 0 spiro atoms. The molecule has 0 N–H and O–H groups in total. The molecule has 0 aliphatic rings. The van der Waals surface area contributed by atoms with Gasteiger partial charge in [0, 0.05) is 19.3 Å². The SMILES string of the molecule is CCCCC/C=C\C/C=C\CCCCCCCCCC(=O)OCC(COC(=O)CCCCCCCCCCCCC/C=C\C/C=C\CCCCCCC)OC(=O)CCCCCCCCCCCCCCCCCCCCCCCCC. The van der Waals surface area contributed by atoms with Crippen molar-refractivity contribution in [1.29, 1.82) is 0 Å². The Morgan fingerprint density at radius 2 is 0.444 bits per heavy atom. The summed E-state index contributed by atoms with van der Waals surface area (Å²) in [5, 5.41) is 0. The van der Waals surface area contributed by atoms with Gasteiger partial charge in [0.25, 0.3) is 0 Å². The number of carbonyl (C=O) groups excluding carboxylic acids is 3. The molecule has 0 saturated carbocycles. The summed E-state index contributed by atoms with van der Waals surface area (Å²) in [7, 11) is 0. The third kappa shape index (κ3) is 68.0. The second kappa shape index (κ2) is 69.9. The molecule has 81 heavy (non-hydrogen) atoms. The molecule has 0 amide bonds. The normalized spacial score (nSPS) is 12.3. The standard InChI is InChI=1S/C75H138O6/c1-4-7-10-13-16-19-22-25-28-31-33-35-37-39-41-44-47-50-53-56-59-62-65-68-74(77)80-71-72(70-79-73(76)67-64-61-58-55-52-49-46-43-30-27-24-21-18-15-12-9-6-3)81-75(78)69-66-63-60-57-54-51-48-45-42-40-38-36-34-32-29-26-23-20-17-14-11-8-5-2/h18,21-22,25,27,30-31,33,72H,4-17,19-20,23-24,26,28-29,32,34-71H2,1-3H3/b21-18-,25-22-,30-27-,33-31-. The van der Waals surface area contributed by atoms with Crippen LogP contribution in [0, 0.1) is 0 Å². The molecule has 1 unspecified atom stereocenters. The molecule has 0 fully saturated rings. The zero-order valence-corrected chi connectivity index (χ0v) is 54.6. The van der Waals surface area contributed by atoms with Gasteiger partial charge in [0.1, 0.15) is 13.2 Å². The van der Waals surface area contributed by atoms with Gasteiger partial charge < -0.3 is 14.2 Å². The van der Waals surface area contributed by atoms with E-state index in [0.717, 1.165) is 77.0 Å². The van der Waals surface area contributed by atoms with Gasteiger partial charge in [0.05, 0.1) is 0 Å². The van der Waals surface area contributed by atoms with Crippen LogP contribution < -0.4 is 0 Å². The van der Waals surface area contributed by atoms with E-state index in [1.165, 1.54) is 276 Å². The molecule has 0 aliphatic heterocycles. The van der Waals surface area contributed by atoms with Crippen molar-refractivity contribution in [2.75, 3.05) is 13.2 Å². The van der Waals surface area contributed by atoms with Crippen molar-refractivity contribution in [3.63, 3.8) is 0 Å². The highest BCUT2D eigenvalue weighted by Crippen LogP contribution is 2.18. The van der Waals surface area contributed by atoms with Crippen molar-refractivity contribution in [1.82, 2.24) is 0 Å². The van der Waals surface area contributed by atoms with Crippen LogP contribution in [0.5, 0.6) is 0 Å². The third-order valence-corrected chi connectivity index (χ3v) is 16.3. The van der Waals surface area contributed by atoms with Crippen molar-refractivity contribution in [3.8, 4) is 0 Å². The zero-order chi connectivity index (χ0) is 58.5. The van der Waals surface area contributed by atoms with Gasteiger partial charge in [0.2, 0.25) is 0 Å². The Kier molecular flexibility index (Phi) is 67.6. The largest absolute Gasteiger partial charge is 0.462 e. The van der Waals surface area contributed by atoms with E-state index in [4.69, 9.17) is 14.2 Å². The highest BCUT2D eigenvalue weighted by molar-refractivity contribution is 5.71. The molecule has 6 nitrogen and oxygen atoms in total. The minimum atomic E-state index is -0.777. The number of allylic oxidation sites excluding steroid dienone is 8. The molecule has 0 saturated heterocycles. The van der Waals surface area contributed by atoms with Crippen LogP contribution in [0.15, 0.2) is 48.6 Å². The summed E-state index contributed by atoms with van der Waals surface area (Å²) >= 11 is 0. The van der Waals surface area contributed by atoms with Crippen molar-refractivity contribution >= 4 is 17.9 Å². The van der Waals surface area contributed by atoms with Gasteiger partial charge in [-0.25, -0.2) is 0 Å². The maximum atomic E-state index is 13.0. The predicted molar refractivity (Wildman–Crippen MR) is 353 cm³/mol. The molecule has 0 aliphatic carbocycles. The highest BCUT2D eigenvalue weighted by Gasteiger charge is 2.19. The second-order valence-corrected chi connectivity index (χ2v) is 24.5. The molecule has 1 atom stereocenters. The van der Waals surface area contributed by atoms with Gasteiger partial charge in [-0.3, -0.25) is 14.4 Å². The molecule has 0 radical (unpaired) electrons. The molecule has 0 heterocycles. The number of ether oxygens (including phenoxy) is 3. The lowest BCUT2D eigenvalue weighted by atomic mass is 10.0. The highest BCUT2D eigenvalue weighted by atomic mass is 16.6. The molecule has 0 aromatic heterocycles. The summed E-state index contributed by atoms with van der Waals surface area (Å²) in [5.41, 5.74) is 0. The quantitative estimate of drug-likeness (QED) is 0.0261. The van der Waals surface area contributed by atoms with Gasteiger partial charge in [0.15, 0.2) is 6.10 Å². The van der Waals surface area contributed by atoms with Crippen LogP contribution in [0.25, 0.3) is 0 Å². The van der Waals surface area contributed by atoms with Gasteiger partial charge in [-0.05, 0) is 83.5 Å². The number of esters is 3. The lowest BCUT2D eigenvalue weighted by Crippen LogP contribution is -2.30. The Morgan fingerprint density at radius 1 is 0.247 bits per heavy atom. The first kappa shape index (κ1) is 78.4. The van der Waals surface area contributed by atoms with Crippen LogP contribution in [0.1, 0.15) is 393 Å². The number of hydrogen-bond donors (Lipinski definition) is 0. The average Bonchev–Trinajstić information content (AvgIpc) is 3.47. The van der Waals surface area contributed by atoms with E-state index in [9.17, 15) is 14.4 Å². The first-order valence-electron chi connectivity index (χ1n) is 36.1. The van der Waals surface area contributed by atoms with E-state index < -0.39 is 6.10 Å². The lowest BCUT2D eigenvalue weighted by Gasteiger charge is -2.18. The summed E-state index contributed by atoms with van der Waals surface area (Å²) < 4.78 is 17.0. The lowest BCUT2D eigenvalue weighted by molar-refractivity contribution is -0.167. The van der Waals surface area contributed by atoms with E-state index in [-0.39, 0.29) is 31.1 Å². The minimum Gasteiger partial charge on any atom is -0.462 e. The van der Waals surface area contributed by atoms with E-state index in [2.05, 4.69) is 69.4 Å². The molecular weight excluding hydrogens is 997 g/mol. The second-order valence-electron chi connectivity index (χ2n) is 24.5. The van der Waals surface area contributed by atoms with E-state index in [1.54, 1.807) is 0 Å². The van der Waals surface area contributed by atoms with Crippen LogP contribution in [0.3, 0.4) is 0 Å². The molecular formula is C75H138O6. The van der Waals surface area contributed by atoms with Crippen LogP contribution in [0.2, 0.25) is 0 Å². The molecule has 0 aromatic carbocycles. The maximum Gasteiger partial charge on any atom is 0.306 e. The fourth-order valence-corrected chi connectivity index (χ4v) is 10.9. The Morgan fingerprint density at radius 3 is 0.704 bits per heavy atom. The number of carbonyl (C=O) groups is 3. The number of unbranched alkanes of at least 4 members (excludes halogenated alkanes) is 48. The van der Waals surface area contributed by atoms with Crippen LogP contribution in [-0.4, -0.2) is 37.2 Å². The summed E-state index contributed by atoms with van der Waals surface area (Å²) in [6.07, 6.45) is 88.5. The first-order valence-corrected chi connectivity index (χ1v) is 36.1. The zero-order valence-electron chi connectivity index (χ0n) is 54.6. The summed E-state index contributed by atoms with van der Waals surface area (Å²) in [6, 6.07) is 0. The van der Waals surface area contributed by atoms with Crippen LogP contribution in [0.4, 0.5) is 0 Å². The Hall–Kier alpha value is -2.63. The van der Waals surface area contributed by atoms with Crippen molar-refractivity contribution in [2.24, 2.45) is 0 Å². The monoisotopic (exact) mass is 1140 g/mol. The number of rotatable bonds is 67. The van der Waals surface area contributed by atoms with E-state index >= 15 is 0 Å². The molecule has 0 rings (SSSR count). The Balaban J connectivity index is 4.31. The summed E-state index contributed by atoms with van der Waals surface area (Å²) in [4.78, 5) is 38.5. The van der Waals surface area contributed by atoms with Crippen molar-refractivity contribution in [2.45, 2.75) is 399 Å². The van der Waals surface area contributed by atoms with Crippen molar-refractivity contribution in [3.05, 3.63) is 48.6 Å². The smallest absolute Gasteiger partial charge is 0.306 e. The van der Waals surface area contributed by atoms with Gasteiger partial charge in [-0.1, -0.05) is 339 Å². The average molecular weight is 1140 g/mol. The van der Waals surface area contributed by atoms with Crippen LogP contribution in [-0.2, 0) is 28.6 Å². The van der Waals surface area contributed by atoms with Crippen LogP contribution >= 0.6 is 0 Å². The summed E-state index contributed by atoms with van der Waals surface area (Å²) in [6.45, 7) is 6.67. The fraction of sp³-hybridized carbons (Fsp3) is 0.853. The first-order chi connectivity index (χ1) is 40.0. The van der Waals surface area contributed by atoms with Gasteiger partial charge >= 0.3 is 17.9 Å². The Labute approximate surface area is 505 Å². The topological polar surface area (TPSA) is 78.9 Å². The third-order valence-electron chi connectivity index (χ3n) is 16.3. The van der Waals surface area contributed by atoms with Gasteiger partial charge in [-0.15, -0.1) is 0 Å². The molecule has 0 aromatic rings. The Bertz CT molecular complexity index is 1400. The molecule has 6 heteroatoms. The number of hydrogen-bond acceptors (Lipinski definition) is 6. The maximum absolute atomic E-state index is 13.0. The fourth-order valence-electron chi connectivity index (χ4n) is 10.9. The molecule has 474 valence electrons. The minimum absolute atomic E-state index is 0.0725. The van der Waals surface area contributed by atoms with Crippen molar-refractivity contribution < 1.29 is 28.6 Å².